The lowest BCUT2D eigenvalue weighted by atomic mass is 10.2. The van der Waals surface area contributed by atoms with Gasteiger partial charge in [-0.15, -0.1) is 0 Å². The first-order valence-corrected chi connectivity index (χ1v) is 6.02. The van der Waals surface area contributed by atoms with Gasteiger partial charge in [-0.2, -0.15) is 0 Å². The zero-order valence-corrected chi connectivity index (χ0v) is 10.7. The van der Waals surface area contributed by atoms with Crippen molar-refractivity contribution in [1.82, 2.24) is 9.13 Å². The number of halogens is 1. The van der Waals surface area contributed by atoms with Crippen molar-refractivity contribution >= 4 is 11.0 Å². The van der Waals surface area contributed by atoms with Crippen molar-refractivity contribution < 1.29 is 4.39 Å². The van der Waals surface area contributed by atoms with Gasteiger partial charge in [0.2, 0.25) is 0 Å². The van der Waals surface area contributed by atoms with Gasteiger partial charge < -0.3 is 0 Å². The standard InChI is InChI=1S/C15H13FN2O/c1-10-7-8-11(16)14(9-10)18-13-6-4-3-5-12(13)17(2)15(18)19/h3-9H,1-2H3. The highest BCUT2D eigenvalue weighted by Gasteiger charge is 2.14. The van der Waals surface area contributed by atoms with Gasteiger partial charge in [-0.1, -0.05) is 18.2 Å². The normalized spacial score (nSPS) is 11.1. The minimum Gasteiger partial charge on any atom is -0.295 e. The van der Waals surface area contributed by atoms with Crippen LogP contribution >= 0.6 is 0 Å². The molecule has 0 spiro atoms. The monoisotopic (exact) mass is 256 g/mol. The molecule has 0 aliphatic rings. The molecule has 2 aromatic carbocycles. The number of hydrogen-bond donors (Lipinski definition) is 0. The average Bonchev–Trinajstić information content (AvgIpc) is 2.66. The van der Waals surface area contributed by atoms with Crippen molar-refractivity contribution in [2.24, 2.45) is 7.05 Å². The highest BCUT2D eigenvalue weighted by molar-refractivity contribution is 5.78. The topological polar surface area (TPSA) is 26.9 Å². The van der Waals surface area contributed by atoms with Crippen LogP contribution in [0, 0.1) is 12.7 Å². The van der Waals surface area contributed by atoms with Gasteiger partial charge in [0.15, 0.2) is 0 Å². The maximum Gasteiger partial charge on any atom is 0.333 e. The minimum absolute atomic E-state index is 0.245. The van der Waals surface area contributed by atoms with Crippen LogP contribution in [0.1, 0.15) is 5.56 Å². The summed E-state index contributed by atoms with van der Waals surface area (Å²) in [6.07, 6.45) is 0. The number of nitrogens with zero attached hydrogens (tertiary/aromatic N) is 2. The van der Waals surface area contributed by atoms with E-state index in [1.165, 1.54) is 15.2 Å². The maximum absolute atomic E-state index is 14.0. The second kappa shape index (κ2) is 4.09. The predicted molar refractivity (Wildman–Crippen MR) is 73.2 cm³/mol. The molecule has 4 heteroatoms. The molecule has 0 aliphatic carbocycles. The number of hydrogen-bond acceptors (Lipinski definition) is 1. The third-order valence-corrected chi connectivity index (χ3v) is 3.30. The van der Waals surface area contributed by atoms with Gasteiger partial charge in [0.05, 0.1) is 16.7 Å². The summed E-state index contributed by atoms with van der Waals surface area (Å²) in [5.41, 5.74) is 2.46. The summed E-state index contributed by atoms with van der Waals surface area (Å²) in [7, 11) is 1.69. The van der Waals surface area contributed by atoms with Crippen LogP contribution in [0.2, 0.25) is 0 Å². The van der Waals surface area contributed by atoms with E-state index in [9.17, 15) is 9.18 Å². The van der Waals surface area contributed by atoms with Gasteiger partial charge in [0.25, 0.3) is 0 Å². The Kier molecular flexibility index (Phi) is 2.52. The van der Waals surface area contributed by atoms with Gasteiger partial charge in [0.1, 0.15) is 5.82 Å². The average molecular weight is 256 g/mol. The fraction of sp³-hybridized carbons (Fsp3) is 0.133. The molecule has 0 N–H and O–H groups in total. The first-order chi connectivity index (χ1) is 9.09. The van der Waals surface area contributed by atoms with Crippen molar-refractivity contribution in [2.75, 3.05) is 0 Å². The lowest BCUT2D eigenvalue weighted by molar-refractivity contribution is 0.616. The van der Waals surface area contributed by atoms with E-state index < -0.39 is 5.82 Å². The fourth-order valence-electron chi connectivity index (χ4n) is 2.32. The molecule has 1 heterocycles. The molecule has 3 aromatic rings. The molecule has 3 nitrogen and oxygen atoms in total. The van der Waals surface area contributed by atoms with Gasteiger partial charge in [-0.05, 0) is 36.8 Å². The summed E-state index contributed by atoms with van der Waals surface area (Å²) in [4.78, 5) is 12.3. The van der Waals surface area contributed by atoms with Crippen LogP contribution in [0.25, 0.3) is 16.7 Å². The fourth-order valence-corrected chi connectivity index (χ4v) is 2.32. The molecular formula is C15H13FN2O. The van der Waals surface area contributed by atoms with Gasteiger partial charge in [-0.3, -0.25) is 9.13 Å². The molecule has 1 aromatic heterocycles. The summed E-state index contributed by atoms with van der Waals surface area (Å²) in [5, 5.41) is 0. The van der Waals surface area contributed by atoms with E-state index in [0.717, 1.165) is 11.1 Å². The Morgan fingerprint density at radius 3 is 2.47 bits per heavy atom. The predicted octanol–water partition coefficient (Wildman–Crippen LogP) is 2.78. The minimum atomic E-state index is -0.399. The number of para-hydroxylation sites is 2. The van der Waals surface area contributed by atoms with Crippen LogP contribution in [0.4, 0.5) is 4.39 Å². The number of rotatable bonds is 1. The Bertz CT molecular complexity index is 830. The van der Waals surface area contributed by atoms with Crippen molar-refractivity contribution in [3.8, 4) is 5.69 Å². The number of aromatic nitrogens is 2. The number of imidazole rings is 1. The maximum atomic E-state index is 14.0. The molecule has 19 heavy (non-hydrogen) atoms. The largest absolute Gasteiger partial charge is 0.333 e. The number of fused-ring (bicyclic) bond motifs is 1. The van der Waals surface area contributed by atoms with Crippen molar-refractivity contribution in [3.63, 3.8) is 0 Å². The lowest BCUT2D eigenvalue weighted by Gasteiger charge is -2.06. The van der Waals surface area contributed by atoms with Crippen molar-refractivity contribution in [1.29, 1.82) is 0 Å². The van der Waals surface area contributed by atoms with Crippen molar-refractivity contribution in [3.05, 3.63) is 64.3 Å². The Balaban J connectivity index is 2.46. The van der Waals surface area contributed by atoms with Crippen LogP contribution in [-0.2, 0) is 7.05 Å². The molecule has 3 rings (SSSR count). The first-order valence-electron chi connectivity index (χ1n) is 6.02. The van der Waals surface area contributed by atoms with Crippen molar-refractivity contribution in [2.45, 2.75) is 6.92 Å². The third kappa shape index (κ3) is 1.68. The molecule has 0 fully saturated rings. The molecule has 0 amide bonds. The molecule has 0 saturated heterocycles. The summed E-state index contributed by atoms with van der Waals surface area (Å²) < 4.78 is 16.9. The Labute approximate surface area is 109 Å². The molecule has 96 valence electrons. The van der Waals surface area contributed by atoms with E-state index in [-0.39, 0.29) is 5.69 Å². The zero-order chi connectivity index (χ0) is 13.6. The molecule has 0 radical (unpaired) electrons. The molecular weight excluding hydrogens is 243 g/mol. The van der Waals surface area contributed by atoms with Crippen LogP contribution in [0.15, 0.2) is 47.3 Å². The van der Waals surface area contributed by atoms with E-state index >= 15 is 0 Å². The second-order valence-electron chi connectivity index (χ2n) is 4.62. The first kappa shape index (κ1) is 11.7. The van der Waals surface area contributed by atoms with Crippen LogP contribution < -0.4 is 5.69 Å². The molecule has 0 saturated carbocycles. The van der Waals surface area contributed by atoms with E-state index in [2.05, 4.69) is 0 Å². The molecule has 0 atom stereocenters. The third-order valence-electron chi connectivity index (χ3n) is 3.30. The van der Waals surface area contributed by atoms with E-state index in [1.807, 2.05) is 31.2 Å². The molecule has 0 bridgehead atoms. The SMILES string of the molecule is Cc1ccc(F)c(-n2c(=O)n(C)c3ccccc32)c1. The highest BCUT2D eigenvalue weighted by atomic mass is 19.1. The highest BCUT2D eigenvalue weighted by Crippen LogP contribution is 2.20. The molecule has 0 unspecified atom stereocenters. The van der Waals surface area contributed by atoms with Gasteiger partial charge in [-0.25, -0.2) is 9.18 Å². The molecule has 0 aliphatic heterocycles. The van der Waals surface area contributed by atoms with Crippen LogP contribution in [0.5, 0.6) is 0 Å². The Hall–Kier alpha value is -2.36. The quantitative estimate of drug-likeness (QED) is 0.657. The Morgan fingerprint density at radius 1 is 1.05 bits per heavy atom. The summed E-state index contributed by atoms with van der Waals surface area (Å²) in [6, 6.07) is 12.1. The second-order valence-corrected chi connectivity index (χ2v) is 4.62. The smallest absolute Gasteiger partial charge is 0.295 e. The van der Waals surface area contributed by atoms with Gasteiger partial charge in [0, 0.05) is 7.05 Å². The van der Waals surface area contributed by atoms with E-state index in [4.69, 9.17) is 0 Å². The van der Waals surface area contributed by atoms with Crippen LogP contribution in [-0.4, -0.2) is 9.13 Å². The van der Waals surface area contributed by atoms with E-state index in [1.54, 1.807) is 19.2 Å². The number of aryl methyl sites for hydroxylation is 2. The summed E-state index contributed by atoms with van der Waals surface area (Å²) >= 11 is 0. The van der Waals surface area contributed by atoms with Crippen LogP contribution in [0.3, 0.4) is 0 Å². The number of benzene rings is 2. The lowest BCUT2D eigenvalue weighted by Crippen LogP contribution is -2.21. The Morgan fingerprint density at radius 2 is 1.74 bits per heavy atom. The van der Waals surface area contributed by atoms with Gasteiger partial charge >= 0.3 is 5.69 Å². The summed E-state index contributed by atoms with van der Waals surface area (Å²) in [5.74, 6) is -0.399. The van der Waals surface area contributed by atoms with E-state index in [0.29, 0.717) is 11.2 Å². The zero-order valence-electron chi connectivity index (χ0n) is 10.7. The summed E-state index contributed by atoms with van der Waals surface area (Å²) in [6.45, 7) is 1.87.